The van der Waals surface area contributed by atoms with Crippen LogP contribution < -0.4 is 16.1 Å². The highest BCUT2D eigenvalue weighted by Gasteiger charge is 2.25. The normalized spacial score (nSPS) is 14.1. The number of aryl methyl sites for hydroxylation is 1. The summed E-state index contributed by atoms with van der Waals surface area (Å²) in [5.41, 5.74) is 0.410. The van der Waals surface area contributed by atoms with E-state index in [1.165, 1.54) is 4.57 Å². The van der Waals surface area contributed by atoms with Gasteiger partial charge in [-0.25, -0.2) is 9.36 Å². The molecule has 0 spiro atoms. The molecule has 1 aliphatic heterocycles. The van der Waals surface area contributed by atoms with Gasteiger partial charge in [0.25, 0.3) is 5.56 Å². The Morgan fingerprint density at radius 2 is 1.85 bits per heavy atom. The van der Waals surface area contributed by atoms with Gasteiger partial charge in [0.05, 0.1) is 26.4 Å². The number of unbranched alkanes of at least 4 members (excludes halogenated alkanes) is 1. The van der Waals surface area contributed by atoms with Gasteiger partial charge in [-0.3, -0.25) is 18.7 Å². The summed E-state index contributed by atoms with van der Waals surface area (Å²) < 4.78 is 14.7. The van der Waals surface area contributed by atoms with E-state index < -0.39 is 23.8 Å². The Labute approximate surface area is 191 Å². The molecule has 0 amide bonds. The smallest absolute Gasteiger partial charge is 0.333 e. The number of esters is 1. The van der Waals surface area contributed by atoms with Gasteiger partial charge in [0.1, 0.15) is 6.54 Å². The molecule has 33 heavy (non-hydrogen) atoms. The molecule has 176 valence electrons. The van der Waals surface area contributed by atoms with E-state index in [1.54, 1.807) is 7.05 Å². The topological polar surface area (TPSA) is 101 Å². The molecule has 0 unspecified atom stereocenters. The fourth-order valence-corrected chi connectivity index (χ4v) is 3.93. The monoisotopic (exact) mass is 455 g/mol. The van der Waals surface area contributed by atoms with Gasteiger partial charge in [-0.15, -0.1) is 0 Å². The molecule has 3 aromatic rings. The maximum atomic E-state index is 13.5. The zero-order chi connectivity index (χ0) is 23.4. The highest BCUT2D eigenvalue weighted by atomic mass is 16.5. The number of benzene rings is 1. The van der Waals surface area contributed by atoms with E-state index in [9.17, 15) is 14.4 Å². The Hall–Kier alpha value is -3.40. The molecule has 0 bridgehead atoms. The number of imidazole rings is 1. The Morgan fingerprint density at radius 1 is 1.12 bits per heavy atom. The van der Waals surface area contributed by atoms with E-state index in [0.717, 1.165) is 23.0 Å². The number of rotatable bonds is 8. The largest absolute Gasteiger partial charge is 0.464 e. The van der Waals surface area contributed by atoms with Crippen molar-refractivity contribution in [2.45, 2.75) is 32.9 Å². The second-order valence-corrected chi connectivity index (χ2v) is 8.06. The number of anilines is 1. The van der Waals surface area contributed by atoms with Gasteiger partial charge in [-0.1, -0.05) is 43.7 Å². The van der Waals surface area contributed by atoms with Crippen LogP contribution in [-0.2, 0) is 34.4 Å². The fraction of sp³-hybridized carbons (Fsp3) is 0.478. The molecule has 1 fully saturated rings. The average molecular weight is 456 g/mol. The number of hydrogen-bond acceptors (Lipinski definition) is 7. The molecule has 4 rings (SSSR count). The second-order valence-electron chi connectivity index (χ2n) is 8.06. The molecule has 0 saturated carbocycles. The van der Waals surface area contributed by atoms with Crippen molar-refractivity contribution in [2.24, 2.45) is 7.05 Å². The van der Waals surface area contributed by atoms with Crippen LogP contribution in [0, 0.1) is 0 Å². The highest BCUT2D eigenvalue weighted by molar-refractivity contribution is 5.76. The molecular formula is C23H29N5O5. The van der Waals surface area contributed by atoms with E-state index in [1.807, 2.05) is 41.8 Å². The minimum absolute atomic E-state index is 0.264. The third kappa shape index (κ3) is 4.70. The van der Waals surface area contributed by atoms with Crippen molar-refractivity contribution in [3.8, 4) is 0 Å². The number of aromatic nitrogens is 4. The van der Waals surface area contributed by atoms with Crippen LogP contribution in [0.25, 0.3) is 11.2 Å². The van der Waals surface area contributed by atoms with E-state index in [0.29, 0.717) is 38.8 Å². The Bertz CT molecular complexity index is 1240. The van der Waals surface area contributed by atoms with Crippen LogP contribution in [0.4, 0.5) is 5.95 Å². The molecular weight excluding hydrogens is 426 g/mol. The first-order chi connectivity index (χ1) is 16.0. The first kappa shape index (κ1) is 22.8. The molecule has 10 nitrogen and oxygen atoms in total. The third-order valence-electron chi connectivity index (χ3n) is 5.74. The highest BCUT2D eigenvalue weighted by Crippen LogP contribution is 2.22. The molecule has 10 heteroatoms. The van der Waals surface area contributed by atoms with E-state index in [2.05, 4.69) is 4.90 Å². The lowest BCUT2D eigenvalue weighted by Gasteiger charge is -2.28. The minimum Gasteiger partial charge on any atom is -0.464 e. The van der Waals surface area contributed by atoms with Gasteiger partial charge in [0.15, 0.2) is 11.2 Å². The van der Waals surface area contributed by atoms with Crippen LogP contribution in [0.5, 0.6) is 0 Å². The number of nitrogens with zero attached hydrogens (tertiary/aromatic N) is 5. The van der Waals surface area contributed by atoms with Crippen LogP contribution >= 0.6 is 0 Å². The second kappa shape index (κ2) is 10.0. The Balaban J connectivity index is 1.84. The number of hydrogen-bond donors (Lipinski definition) is 0. The first-order valence-corrected chi connectivity index (χ1v) is 11.2. The quantitative estimate of drug-likeness (QED) is 0.371. The number of ether oxygens (including phenoxy) is 2. The van der Waals surface area contributed by atoms with Crippen molar-refractivity contribution < 1.29 is 14.3 Å². The zero-order valence-corrected chi connectivity index (χ0v) is 19.0. The molecule has 0 radical (unpaired) electrons. The summed E-state index contributed by atoms with van der Waals surface area (Å²) in [7, 11) is 1.56. The molecule has 0 N–H and O–H groups in total. The van der Waals surface area contributed by atoms with E-state index in [-0.39, 0.29) is 17.8 Å². The van der Waals surface area contributed by atoms with Gasteiger partial charge >= 0.3 is 11.7 Å². The van der Waals surface area contributed by atoms with Gasteiger partial charge in [0.2, 0.25) is 5.95 Å². The molecule has 2 aromatic heterocycles. The summed E-state index contributed by atoms with van der Waals surface area (Å²) in [5.74, 6) is -0.00273. The van der Waals surface area contributed by atoms with Crippen LogP contribution in [0.15, 0.2) is 39.9 Å². The Morgan fingerprint density at radius 3 is 2.55 bits per heavy atom. The average Bonchev–Trinajstić information content (AvgIpc) is 3.21. The Kier molecular flexibility index (Phi) is 6.93. The van der Waals surface area contributed by atoms with Crippen LogP contribution in [0.3, 0.4) is 0 Å². The summed E-state index contributed by atoms with van der Waals surface area (Å²) in [5, 5.41) is 0. The van der Waals surface area contributed by atoms with Crippen LogP contribution in [0.1, 0.15) is 25.3 Å². The summed E-state index contributed by atoms with van der Waals surface area (Å²) in [6, 6.07) is 9.74. The first-order valence-electron chi connectivity index (χ1n) is 11.2. The predicted octanol–water partition coefficient (Wildman–Crippen LogP) is 1.12. The number of morpholine rings is 1. The van der Waals surface area contributed by atoms with Gasteiger partial charge in [-0.05, 0) is 12.0 Å². The molecule has 3 heterocycles. The summed E-state index contributed by atoms with van der Waals surface area (Å²) in [6.45, 7) is 4.59. The lowest BCUT2D eigenvalue weighted by Crippen LogP contribution is -2.42. The number of fused-ring (bicyclic) bond motifs is 1. The maximum Gasteiger partial charge on any atom is 0.333 e. The lowest BCUT2D eigenvalue weighted by molar-refractivity contribution is -0.144. The summed E-state index contributed by atoms with van der Waals surface area (Å²) >= 11 is 0. The minimum atomic E-state index is -0.607. The summed E-state index contributed by atoms with van der Waals surface area (Å²) in [4.78, 5) is 45.5. The molecule has 0 atom stereocenters. The van der Waals surface area contributed by atoms with Crippen molar-refractivity contribution in [1.82, 2.24) is 18.7 Å². The van der Waals surface area contributed by atoms with Crippen molar-refractivity contribution in [3.05, 3.63) is 56.7 Å². The van der Waals surface area contributed by atoms with Crippen molar-refractivity contribution in [1.29, 1.82) is 0 Å². The third-order valence-corrected chi connectivity index (χ3v) is 5.74. The number of carbonyl (C=O) groups excluding carboxylic acids is 1. The predicted molar refractivity (Wildman–Crippen MR) is 124 cm³/mol. The van der Waals surface area contributed by atoms with E-state index >= 15 is 0 Å². The lowest BCUT2D eigenvalue weighted by atomic mass is 10.2. The standard InChI is InChI=1S/C23H29N5O5/c1-3-4-12-33-18(29)16-28-21(30)19-20(25(2)23(28)31)24-22(26-10-13-32-14-11-26)27(19)15-17-8-6-5-7-9-17/h5-9H,3-4,10-16H2,1-2H3. The van der Waals surface area contributed by atoms with Gasteiger partial charge in [-0.2, -0.15) is 4.98 Å². The molecule has 1 aromatic carbocycles. The van der Waals surface area contributed by atoms with Gasteiger partial charge < -0.3 is 14.4 Å². The van der Waals surface area contributed by atoms with Crippen molar-refractivity contribution >= 4 is 23.1 Å². The number of carbonyl (C=O) groups is 1. The van der Waals surface area contributed by atoms with Crippen molar-refractivity contribution in [3.63, 3.8) is 0 Å². The molecule has 0 aliphatic carbocycles. The molecule has 1 aliphatic rings. The van der Waals surface area contributed by atoms with Crippen molar-refractivity contribution in [2.75, 3.05) is 37.8 Å². The van der Waals surface area contributed by atoms with E-state index in [4.69, 9.17) is 14.5 Å². The maximum absolute atomic E-state index is 13.5. The SMILES string of the molecule is CCCCOC(=O)Cn1c(=O)c2c(nc(N3CCOCC3)n2Cc2ccccc2)n(C)c1=O. The molecule has 1 saturated heterocycles. The van der Waals surface area contributed by atoms with Crippen LogP contribution in [-0.4, -0.2) is 57.6 Å². The fourth-order valence-electron chi connectivity index (χ4n) is 3.93. The summed E-state index contributed by atoms with van der Waals surface area (Å²) in [6.07, 6.45) is 1.61. The van der Waals surface area contributed by atoms with Crippen LogP contribution in [0.2, 0.25) is 0 Å². The zero-order valence-electron chi connectivity index (χ0n) is 19.0. The van der Waals surface area contributed by atoms with Gasteiger partial charge in [0, 0.05) is 20.1 Å².